The van der Waals surface area contributed by atoms with Crippen molar-refractivity contribution in [3.63, 3.8) is 0 Å². The lowest BCUT2D eigenvalue weighted by atomic mass is 9.96. The lowest BCUT2D eigenvalue weighted by molar-refractivity contribution is -0.148. The number of ether oxygens (including phenoxy) is 1. The van der Waals surface area contributed by atoms with Crippen LogP contribution in [0.4, 0.5) is 18.9 Å². The van der Waals surface area contributed by atoms with E-state index in [9.17, 15) is 27.6 Å². The molecular weight excluding hydrogens is 579 g/mol. The molecule has 0 aromatic heterocycles. The molecule has 3 fully saturated rings. The highest BCUT2D eigenvalue weighted by atomic mass is 32.2. The van der Waals surface area contributed by atoms with Crippen LogP contribution in [-0.2, 0) is 25.3 Å². The number of benzene rings is 2. The van der Waals surface area contributed by atoms with Gasteiger partial charge in [-0.2, -0.15) is 13.2 Å². The molecule has 2 aromatic rings. The molecule has 5 rings (SSSR count). The van der Waals surface area contributed by atoms with E-state index in [1.807, 2.05) is 24.3 Å². The number of piperidine rings is 1. The van der Waals surface area contributed by atoms with Crippen LogP contribution in [0.3, 0.4) is 0 Å². The normalized spacial score (nSPS) is 20.8. The van der Waals surface area contributed by atoms with Crippen molar-refractivity contribution >= 4 is 35.2 Å². The van der Waals surface area contributed by atoms with Crippen LogP contribution in [-0.4, -0.2) is 62.0 Å². The van der Waals surface area contributed by atoms with E-state index < -0.39 is 11.7 Å². The SMILES string of the molecule is CCOC(=O)C1CCN(c2ccccc2Sc2ccc(C3CC3C(=O)NCCCN3CCCC3=O)cc2C(F)(F)F)CC1. The van der Waals surface area contributed by atoms with Gasteiger partial charge in [-0.25, -0.2) is 0 Å². The topological polar surface area (TPSA) is 79.0 Å². The number of carbonyl (C=O) groups excluding carboxylic acids is 3. The maximum Gasteiger partial charge on any atom is 0.417 e. The average molecular weight is 618 g/mol. The minimum absolute atomic E-state index is 0.114. The molecule has 1 N–H and O–H groups in total. The molecule has 2 unspecified atom stereocenters. The molecule has 1 aliphatic carbocycles. The number of likely N-dealkylation sites (tertiary alicyclic amines) is 1. The van der Waals surface area contributed by atoms with Gasteiger partial charge in [-0.05, 0) is 74.8 Å². The number of amides is 2. The molecule has 0 bridgehead atoms. The van der Waals surface area contributed by atoms with Crippen molar-refractivity contribution in [3.8, 4) is 0 Å². The zero-order valence-corrected chi connectivity index (χ0v) is 25.1. The maximum atomic E-state index is 14.3. The zero-order valence-electron chi connectivity index (χ0n) is 24.3. The third-order valence-corrected chi connectivity index (χ3v) is 9.62. The van der Waals surface area contributed by atoms with E-state index in [0.717, 1.165) is 35.3 Å². The fourth-order valence-corrected chi connectivity index (χ4v) is 7.14. The van der Waals surface area contributed by atoms with Gasteiger partial charge >= 0.3 is 12.1 Å². The number of alkyl halides is 3. The second-order valence-corrected chi connectivity index (χ2v) is 12.5. The summed E-state index contributed by atoms with van der Waals surface area (Å²) >= 11 is 1.09. The van der Waals surface area contributed by atoms with Crippen molar-refractivity contribution in [3.05, 3.63) is 53.6 Å². The smallest absolute Gasteiger partial charge is 0.417 e. The Balaban J connectivity index is 1.22. The lowest BCUT2D eigenvalue weighted by Crippen LogP contribution is -2.37. The van der Waals surface area contributed by atoms with Gasteiger partial charge in [-0.15, -0.1) is 0 Å². The first-order valence-electron chi connectivity index (χ1n) is 15.1. The highest BCUT2D eigenvalue weighted by Crippen LogP contribution is 2.50. The van der Waals surface area contributed by atoms with Gasteiger partial charge in [0.1, 0.15) is 0 Å². The summed E-state index contributed by atoms with van der Waals surface area (Å²) in [4.78, 5) is 41.3. The van der Waals surface area contributed by atoms with E-state index in [4.69, 9.17) is 4.74 Å². The van der Waals surface area contributed by atoms with Gasteiger partial charge in [0.25, 0.3) is 0 Å². The van der Waals surface area contributed by atoms with Crippen LogP contribution in [0.25, 0.3) is 0 Å². The highest BCUT2D eigenvalue weighted by Gasteiger charge is 2.45. The number of hydrogen-bond acceptors (Lipinski definition) is 6. The standard InChI is InChI=1S/C32H38F3N3O4S/c1-2-42-31(41)21-12-17-37(18-13-21)26-7-3-4-8-28(26)43-27-11-10-22(19-25(27)32(33,34)35)23-20-24(23)30(40)36-14-6-16-38-15-5-9-29(38)39/h3-4,7-8,10-11,19,21,23-24H,2,5-6,9,12-18,20H2,1H3,(H,36,40). The average Bonchev–Trinajstić information content (AvgIpc) is 3.69. The lowest BCUT2D eigenvalue weighted by Gasteiger charge is -2.33. The summed E-state index contributed by atoms with van der Waals surface area (Å²) in [6.45, 7) is 5.17. The number of nitrogens with zero attached hydrogens (tertiary/aromatic N) is 2. The Kier molecular flexibility index (Phi) is 9.88. The van der Waals surface area contributed by atoms with Crippen molar-refractivity contribution in [2.75, 3.05) is 44.2 Å². The first-order chi connectivity index (χ1) is 20.7. The Morgan fingerprint density at radius 2 is 1.84 bits per heavy atom. The van der Waals surface area contributed by atoms with Crippen LogP contribution in [0.1, 0.15) is 62.5 Å². The monoisotopic (exact) mass is 617 g/mol. The zero-order chi connectivity index (χ0) is 30.6. The van der Waals surface area contributed by atoms with E-state index in [-0.39, 0.29) is 40.4 Å². The van der Waals surface area contributed by atoms with Gasteiger partial charge in [0.05, 0.1) is 23.8 Å². The Morgan fingerprint density at radius 1 is 1.07 bits per heavy atom. The fraction of sp³-hybridized carbons (Fsp3) is 0.531. The van der Waals surface area contributed by atoms with Gasteiger partial charge in [-0.3, -0.25) is 14.4 Å². The number of nitrogens with one attached hydrogen (secondary N) is 1. The van der Waals surface area contributed by atoms with E-state index in [2.05, 4.69) is 10.2 Å². The Bertz CT molecular complexity index is 1330. The second-order valence-electron chi connectivity index (χ2n) is 11.4. The third kappa shape index (κ3) is 7.66. The van der Waals surface area contributed by atoms with Crippen LogP contribution < -0.4 is 10.2 Å². The van der Waals surface area contributed by atoms with Crippen LogP contribution in [0, 0.1) is 11.8 Å². The first kappa shape index (κ1) is 31.2. The van der Waals surface area contributed by atoms with E-state index >= 15 is 0 Å². The van der Waals surface area contributed by atoms with Crippen LogP contribution in [0.2, 0.25) is 0 Å². The molecule has 11 heteroatoms. The molecule has 232 valence electrons. The van der Waals surface area contributed by atoms with Crippen molar-refractivity contribution in [2.24, 2.45) is 11.8 Å². The number of esters is 1. The highest BCUT2D eigenvalue weighted by molar-refractivity contribution is 7.99. The van der Waals surface area contributed by atoms with E-state index in [1.54, 1.807) is 17.9 Å². The fourth-order valence-electron chi connectivity index (χ4n) is 6.03. The number of halogens is 3. The molecule has 0 spiro atoms. The molecule has 7 nitrogen and oxygen atoms in total. The summed E-state index contributed by atoms with van der Waals surface area (Å²) in [5, 5.41) is 2.89. The summed E-state index contributed by atoms with van der Waals surface area (Å²) in [7, 11) is 0. The predicted octanol–water partition coefficient (Wildman–Crippen LogP) is 5.87. The second kappa shape index (κ2) is 13.6. The van der Waals surface area contributed by atoms with Crippen molar-refractivity contribution in [2.45, 2.75) is 67.3 Å². The summed E-state index contributed by atoms with van der Waals surface area (Å²) in [6, 6.07) is 11.9. The van der Waals surface area contributed by atoms with Crippen molar-refractivity contribution in [1.82, 2.24) is 10.2 Å². The van der Waals surface area contributed by atoms with Gasteiger partial charge in [0.2, 0.25) is 11.8 Å². The van der Waals surface area contributed by atoms with Crippen LogP contribution >= 0.6 is 11.8 Å². The van der Waals surface area contributed by atoms with E-state index in [1.165, 1.54) is 12.1 Å². The van der Waals surface area contributed by atoms with Gasteiger partial charge < -0.3 is 19.9 Å². The number of rotatable bonds is 11. The molecule has 3 aliphatic rings. The predicted molar refractivity (Wildman–Crippen MR) is 158 cm³/mol. The molecule has 2 aromatic carbocycles. The summed E-state index contributed by atoms with van der Waals surface area (Å²) in [5.41, 5.74) is 0.668. The summed E-state index contributed by atoms with van der Waals surface area (Å²) in [5.74, 6) is -0.931. The van der Waals surface area contributed by atoms with Gasteiger partial charge in [-0.1, -0.05) is 30.0 Å². The third-order valence-electron chi connectivity index (χ3n) is 8.48. The molecule has 2 atom stereocenters. The Hall–Kier alpha value is -3.21. The molecule has 2 aliphatic heterocycles. The number of carbonyl (C=O) groups is 3. The molecular formula is C32H38F3N3O4S. The minimum Gasteiger partial charge on any atom is -0.466 e. The maximum absolute atomic E-state index is 14.3. The molecule has 2 saturated heterocycles. The van der Waals surface area contributed by atoms with Crippen LogP contribution in [0.15, 0.2) is 52.3 Å². The number of hydrogen-bond donors (Lipinski definition) is 1. The molecule has 2 amide bonds. The Labute approximate surface area is 254 Å². The molecule has 43 heavy (non-hydrogen) atoms. The molecule has 1 saturated carbocycles. The first-order valence-corrected chi connectivity index (χ1v) is 15.9. The van der Waals surface area contributed by atoms with Crippen LogP contribution in [0.5, 0.6) is 0 Å². The van der Waals surface area contributed by atoms with E-state index in [0.29, 0.717) is 70.5 Å². The molecule has 0 radical (unpaired) electrons. The summed E-state index contributed by atoms with van der Waals surface area (Å²) < 4.78 is 48.0. The Morgan fingerprint density at radius 3 is 2.53 bits per heavy atom. The molecule has 2 heterocycles. The summed E-state index contributed by atoms with van der Waals surface area (Å²) in [6.07, 6.45) is -0.657. The minimum atomic E-state index is -4.55. The largest absolute Gasteiger partial charge is 0.466 e. The van der Waals surface area contributed by atoms with Gasteiger partial charge in [0, 0.05) is 54.9 Å². The van der Waals surface area contributed by atoms with Gasteiger partial charge in [0.15, 0.2) is 0 Å². The van der Waals surface area contributed by atoms with Crippen molar-refractivity contribution < 1.29 is 32.3 Å². The van der Waals surface area contributed by atoms with Crippen molar-refractivity contribution in [1.29, 1.82) is 0 Å². The number of para-hydroxylation sites is 1. The number of anilines is 1. The quantitative estimate of drug-likeness (QED) is 0.251.